The number of hydrogen-bond acceptors (Lipinski definition) is 5. The van der Waals surface area contributed by atoms with Gasteiger partial charge in [0.15, 0.2) is 6.10 Å². The van der Waals surface area contributed by atoms with Crippen LogP contribution in [0.2, 0.25) is 0 Å². The van der Waals surface area contributed by atoms with Gasteiger partial charge in [-0.15, -0.1) is 0 Å². The molecule has 90 heavy (non-hydrogen) atoms. The van der Waals surface area contributed by atoms with Crippen molar-refractivity contribution in [1.29, 1.82) is 0 Å². The largest absolute Gasteiger partial charge is 0.462 e. The Bertz CT molecular complexity index is 1620. The number of unbranched alkanes of at least 4 members (excludes halogenated alkanes) is 53. The van der Waals surface area contributed by atoms with E-state index in [9.17, 15) is 14.7 Å². The molecule has 0 saturated heterocycles. The zero-order valence-electron chi connectivity index (χ0n) is 60.4. The molecule has 0 aromatic heterocycles. The van der Waals surface area contributed by atoms with E-state index in [1.54, 1.807) is 0 Å². The van der Waals surface area contributed by atoms with Crippen LogP contribution in [0.5, 0.6) is 0 Å². The van der Waals surface area contributed by atoms with Crippen molar-refractivity contribution >= 4 is 11.9 Å². The lowest BCUT2D eigenvalue weighted by Crippen LogP contribution is -2.28. The fourth-order valence-corrected chi connectivity index (χ4v) is 12.3. The molecule has 0 radical (unpaired) electrons. The van der Waals surface area contributed by atoms with Gasteiger partial charge >= 0.3 is 11.9 Å². The van der Waals surface area contributed by atoms with Crippen molar-refractivity contribution in [2.75, 3.05) is 13.2 Å². The second-order valence-electron chi connectivity index (χ2n) is 27.1. The molecule has 0 heterocycles. The van der Waals surface area contributed by atoms with Crippen LogP contribution < -0.4 is 0 Å². The molecule has 0 aliphatic rings. The van der Waals surface area contributed by atoms with Gasteiger partial charge in [-0.2, -0.15) is 0 Å². The van der Waals surface area contributed by atoms with Gasteiger partial charge in [0.05, 0.1) is 6.61 Å². The summed E-state index contributed by atoms with van der Waals surface area (Å²) in [5, 5.41) is 9.73. The second-order valence-corrected chi connectivity index (χ2v) is 27.1. The average Bonchev–Trinajstić information content (AvgIpc) is 3.60. The van der Waals surface area contributed by atoms with Crippen LogP contribution in [0.15, 0.2) is 85.1 Å². The lowest BCUT2D eigenvalue weighted by Gasteiger charge is -2.15. The smallest absolute Gasteiger partial charge is 0.306 e. The Labute approximate surface area is 562 Å². The van der Waals surface area contributed by atoms with Crippen molar-refractivity contribution < 1.29 is 24.2 Å². The molecule has 0 aromatic carbocycles. The van der Waals surface area contributed by atoms with Crippen LogP contribution in [-0.4, -0.2) is 36.4 Å². The minimum absolute atomic E-state index is 0.0611. The topological polar surface area (TPSA) is 72.8 Å². The molecule has 1 atom stereocenters. The summed E-state index contributed by atoms with van der Waals surface area (Å²) >= 11 is 0. The van der Waals surface area contributed by atoms with Crippen LogP contribution in [0.4, 0.5) is 0 Å². The van der Waals surface area contributed by atoms with E-state index in [2.05, 4.69) is 98.9 Å². The fourth-order valence-electron chi connectivity index (χ4n) is 12.3. The number of carbonyl (C=O) groups excluding carboxylic acids is 2. The summed E-state index contributed by atoms with van der Waals surface area (Å²) in [5.74, 6) is -0.567. The first-order valence-electron chi connectivity index (χ1n) is 40.1. The maximum atomic E-state index is 12.4. The van der Waals surface area contributed by atoms with Crippen LogP contribution in [-0.2, 0) is 19.1 Å². The number of carbonyl (C=O) groups is 2. The predicted molar refractivity (Wildman–Crippen MR) is 399 cm³/mol. The molecule has 0 spiro atoms. The highest BCUT2D eigenvalue weighted by molar-refractivity contribution is 5.70. The van der Waals surface area contributed by atoms with Crippen molar-refractivity contribution in [3.63, 3.8) is 0 Å². The summed E-state index contributed by atoms with van der Waals surface area (Å²) < 4.78 is 10.8. The summed E-state index contributed by atoms with van der Waals surface area (Å²) in [5.41, 5.74) is 0. The Kier molecular flexibility index (Phi) is 77.7. The van der Waals surface area contributed by atoms with Gasteiger partial charge in [-0.1, -0.05) is 426 Å². The molecule has 0 aliphatic heterocycles. The van der Waals surface area contributed by atoms with Crippen LogP contribution in [0, 0.1) is 0 Å². The molecule has 5 nitrogen and oxygen atoms in total. The number of ether oxygens (including phenoxy) is 2. The third-order valence-electron chi connectivity index (χ3n) is 18.2. The van der Waals surface area contributed by atoms with Crippen molar-refractivity contribution in [2.45, 2.75) is 431 Å². The molecule has 1 unspecified atom stereocenters. The van der Waals surface area contributed by atoms with E-state index < -0.39 is 6.10 Å². The third kappa shape index (κ3) is 77.5. The molecule has 524 valence electrons. The van der Waals surface area contributed by atoms with Crippen molar-refractivity contribution in [3.8, 4) is 0 Å². The number of esters is 2. The number of aliphatic hydroxyl groups is 1. The minimum Gasteiger partial charge on any atom is -0.462 e. The zero-order valence-corrected chi connectivity index (χ0v) is 60.4. The maximum Gasteiger partial charge on any atom is 0.306 e. The lowest BCUT2D eigenvalue weighted by molar-refractivity contribution is -0.161. The van der Waals surface area contributed by atoms with Gasteiger partial charge in [0, 0.05) is 12.8 Å². The highest BCUT2D eigenvalue weighted by atomic mass is 16.6. The molecule has 0 bridgehead atoms. The minimum atomic E-state index is -0.773. The van der Waals surface area contributed by atoms with E-state index in [0.29, 0.717) is 12.8 Å². The van der Waals surface area contributed by atoms with E-state index >= 15 is 0 Å². The first-order valence-corrected chi connectivity index (χ1v) is 40.1. The fraction of sp³-hybridized carbons (Fsp3) is 0.812. The van der Waals surface area contributed by atoms with Gasteiger partial charge in [-0.05, 0) is 70.6 Å². The third-order valence-corrected chi connectivity index (χ3v) is 18.2. The van der Waals surface area contributed by atoms with Crippen LogP contribution >= 0.6 is 0 Å². The normalized spacial score (nSPS) is 12.6. The van der Waals surface area contributed by atoms with Gasteiger partial charge in [-0.3, -0.25) is 9.59 Å². The summed E-state index contributed by atoms with van der Waals surface area (Å²) in [7, 11) is 0. The van der Waals surface area contributed by atoms with Gasteiger partial charge in [0.25, 0.3) is 0 Å². The number of hydrogen-bond donors (Lipinski definition) is 1. The standard InChI is InChI=1S/C85H154O5/c1-3-5-7-9-11-13-15-17-19-21-23-25-27-29-31-33-35-37-39-40-41-42-43-44-46-48-50-52-54-56-58-60-62-64-66-68-70-72-74-76-78-80-85(88)90-83(81-86)82-89-84(87)79-77-75-73-71-69-67-65-63-61-59-57-55-53-51-49-47-45-38-36-34-32-30-28-26-24-22-20-18-16-14-12-10-8-6-4-2/h5,7,11,13,17,19,23,25,29,31,35,37,40-41,83,86H,3-4,6,8-10,12,14-16,18,20-22,24,26-28,30,32-34,36,38-39,42-82H2,1-2H3/b7-5-,13-11-,19-17-,25-23-,31-29-,37-35-,41-40-. The monoisotopic (exact) mass is 1260 g/mol. The first-order chi connectivity index (χ1) is 44.6. The number of aliphatic hydroxyl groups excluding tert-OH is 1. The molecule has 5 heteroatoms. The summed E-state index contributed by atoms with van der Waals surface area (Å²) in [6.45, 7) is 4.09. The number of rotatable bonds is 75. The molecule has 0 aromatic rings. The summed E-state index contributed by atoms with van der Waals surface area (Å²) in [6, 6.07) is 0. The van der Waals surface area contributed by atoms with E-state index in [0.717, 1.165) is 77.0 Å². The van der Waals surface area contributed by atoms with Crippen LogP contribution in [0.25, 0.3) is 0 Å². The SMILES string of the molecule is CC/C=C\C/C=C\C/C=C\C/C=C\C/C=C\C/C=C\C/C=C\CCCCCCCCCCCCCCCCCCCCCC(=O)OC(CO)COC(=O)CCCCCCCCCCCCCCCCCCCCCCCCCCCCCCCCCCCCC. The van der Waals surface area contributed by atoms with Gasteiger partial charge in [0.1, 0.15) is 6.61 Å². The van der Waals surface area contributed by atoms with Crippen molar-refractivity contribution in [3.05, 3.63) is 85.1 Å². The molecule has 0 amide bonds. The predicted octanol–water partition coefficient (Wildman–Crippen LogP) is 28.3. The highest BCUT2D eigenvalue weighted by Gasteiger charge is 2.16. The van der Waals surface area contributed by atoms with Gasteiger partial charge in [-0.25, -0.2) is 0 Å². The van der Waals surface area contributed by atoms with Gasteiger partial charge < -0.3 is 14.6 Å². The van der Waals surface area contributed by atoms with Crippen molar-refractivity contribution in [2.24, 2.45) is 0 Å². The molecule has 0 saturated carbocycles. The molecule has 1 N–H and O–H groups in total. The summed E-state index contributed by atoms with van der Waals surface area (Å²) in [6.07, 6.45) is 114. The van der Waals surface area contributed by atoms with E-state index in [4.69, 9.17) is 9.47 Å². The Morgan fingerprint density at radius 3 is 0.722 bits per heavy atom. The quantitative estimate of drug-likeness (QED) is 0.0373. The van der Waals surface area contributed by atoms with E-state index in [-0.39, 0.29) is 25.2 Å². The first kappa shape index (κ1) is 87.1. The number of allylic oxidation sites excluding steroid dienone is 14. The second kappa shape index (κ2) is 80.3. The van der Waals surface area contributed by atoms with Crippen molar-refractivity contribution in [1.82, 2.24) is 0 Å². The molecule has 0 aliphatic carbocycles. The Balaban J connectivity index is 3.40. The molecular formula is C85H154O5. The molecular weight excluding hydrogens is 1100 g/mol. The average molecular weight is 1260 g/mol. The highest BCUT2D eigenvalue weighted by Crippen LogP contribution is 2.20. The van der Waals surface area contributed by atoms with Gasteiger partial charge in [0.2, 0.25) is 0 Å². The van der Waals surface area contributed by atoms with E-state index in [1.165, 1.54) is 321 Å². The lowest BCUT2D eigenvalue weighted by atomic mass is 10.0. The maximum absolute atomic E-state index is 12.4. The van der Waals surface area contributed by atoms with E-state index in [1.807, 2.05) is 0 Å². The zero-order chi connectivity index (χ0) is 64.7. The van der Waals surface area contributed by atoms with Crippen LogP contribution in [0.3, 0.4) is 0 Å². The molecule has 0 rings (SSSR count). The molecule has 0 fully saturated rings. The van der Waals surface area contributed by atoms with Crippen LogP contribution in [0.1, 0.15) is 425 Å². The Morgan fingerprint density at radius 2 is 0.478 bits per heavy atom. The Hall–Kier alpha value is -2.92. The Morgan fingerprint density at radius 1 is 0.267 bits per heavy atom. The summed E-state index contributed by atoms with van der Waals surface area (Å²) in [4.78, 5) is 24.7.